The van der Waals surface area contributed by atoms with Crippen molar-refractivity contribution in [3.05, 3.63) is 63.1 Å². The maximum absolute atomic E-state index is 6.12. The van der Waals surface area contributed by atoms with Crippen LogP contribution < -0.4 is 5.32 Å². The van der Waals surface area contributed by atoms with Crippen LogP contribution in [0.15, 0.2) is 46.9 Å². The Morgan fingerprint density at radius 2 is 1.82 bits per heavy atom. The van der Waals surface area contributed by atoms with E-state index in [1.807, 2.05) is 24.3 Å². The van der Waals surface area contributed by atoms with Crippen molar-refractivity contribution in [1.82, 2.24) is 0 Å². The molecule has 2 rings (SSSR count). The van der Waals surface area contributed by atoms with Crippen molar-refractivity contribution >= 4 is 33.2 Å². The predicted molar refractivity (Wildman–Crippen MR) is 77.7 cm³/mol. The summed E-state index contributed by atoms with van der Waals surface area (Å²) >= 11 is 9.54. The fraction of sp³-hybridized carbons (Fsp3) is 0.143. The summed E-state index contributed by atoms with van der Waals surface area (Å²) in [6.07, 6.45) is 0. The normalized spacial score (nSPS) is 10.3. The van der Waals surface area contributed by atoms with Crippen LogP contribution in [0.3, 0.4) is 0 Å². The molecule has 2 aromatic carbocycles. The van der Waals surface area contributed by atoms with Crippen LogP contribution in [0.5, 0.6) is 0 Å². The van der Waals surface area contributed by atoms with E-state index in [2.05, 4.69) is 46.4 Å². The first-order chi connectivity index (χ1) is 8.15. The van der Waals surface area contributed by atoms with Crippen molar-refractivity contribution < 1.29 is 0 Å². The van der Waals surface area contributed by atoms with Crippen LogP contribution in [0, 0.1) is 6.92 Å². The number of nitrogens with one attached hydrogen (secondary N) is 1. The Labute approximate surface area is 115 Å². The lowest BCUT2D eigenvalue weighted by Crippen LogP contribution is -1.99. The predicted octanol–water partition coefficient (Wildman–Crippen LogP) is 5.02. The molecule has 0 bridgehead atoms. The summed E-state index contributed by atoms with van der Waals surface area (Å²) in [7, 11) is 0. The van der Waals surface area contributed by atoms with Gasteiger partial charge < -0.3 is 5.32 Å². The first-order valence-electron chi connectivity index (χ1n) is 5.39. The van der Waals surface area contributed by atoms with E-state index in [0.717, 1.165) is 21.7 Å². The molecule has 0 aliphatic rings. The first-order valence-corrected chi connectivity index (χ1v) is 6.57. The largest absolute Gasteiger partial charge is 0.380 e. The number of benzene rings is 2. The molecule has 1 N–H and O–H groups in total. The number of rotatable bonds is 3. The van der Waals surface area contributed by atoms with Gasteiger partial charge in [-0.2, -0.15) is 0 Å². The first kappa shape index (κ1) is 12.5. The molecule has 0 fully saturated rings. The smallest absolute Gasteiger partial charge is 0.0637 e. The molecule has 0 atom stereocenters. The highest BCUT2D eigenvalue weighted by Crippen LogP contribution is 2.23. The molecule has 0 saturated heterocycles. The summed E-state index contributed by atoms with van der Waals surface area (Å²) in [5.74, 6) is 0. The molecule has 2 aromatic rings. The Bertz CT molecular complexity index is 508. The SMILES string of the molecule is Cc1ccc(Cl)c(NCc2ccc(Br)cc2)c1. The van der Waals surface area contributed by atoms with Gasteiger partial charge in [0.25, 0.3) is 0 Å². The van der Waals surface area contributed by atoms with E-state index in [1.165, 1.54) is 11.1 Å². The van der Waals surface area contributed by atoms with Crippen LogP contribution in [0.25, 0.3) is 0 Å². The third kappa shape index (κ3) is 3.48. The molecule has 0 aliphatic carbocycles. The molecule has 0 saturated carbocycles. The highest BCUT2D eigenvalue weighted by atomic mass is 79.9. The molecule has 0 amide bonds. The Morgan fingerprint density at radius 3 is 2.53 bits per heavy atom. The van der Waals surface area contributed by atoms with Crippen molar-refractivity contribution in [2.24, 2.45) is 0 Å². The summed E-state index contributed by atoms with van der Waals surface area (Å²) < 4.78 is 1.09. The molecule has 17 heavy (non-hydrogen) atoms. The van der Waals surface area contributed by atoms with E-state index in [0.29, 0.717) is 0 Å². The molecule has 3 heteroatoms. The second-order valence-electron chi connectivity index (χ2n) is 3.96. The molecule has 0 heterocycles. The second kappa shape index (κ2) is 5.56. The lowest BCUT2D eigenvalue weighted by Gasteiger charge is -2.09. The van der Waals surface area contributed by atoms with Crippen molar-refractivity contribution in [3.8, 4) is 0 Å². The number of hydrogen-bond donors (Lipinski definition) is 1. The quantitative estimate of drug-likeness (QED) is 0.839. The Hall–Kier alpha value is -0.990. The minimum Gasteiger partial charge on any atom is -0.380 e. The summed E-state index contributed by atoms with van der Waals surface area (Å²) in [5, 5.41) is 4.10. The van der Waals surface area contributed by atoms with Crippen molar-refractivity contribution in [2.75, 3.05) is 5.32 Å². The average molecular weight is 311 g/mol. The van der Waals surface area contributed by atoms with Crippen molar-refractivity contribution in [2.45, 2.75) is 13.5 Å². The lowest BCUT2D eigenvalue weighted by atomic mass is 10.2. The fourth-order valence-corrected chi connectivity index (χ4v) is 2.02. The van der Waals surface area contributed by atoms with Gasteiger partial charge in [-0.15, -0.1) is 0 Å². The van der Waals surface area contributed by atoms with Crippen LogP contribution in [0.4, 0.5) is 5.69 Å². The van der Waals surface area contributed by atoms with Crippen LogP contribution >= 0.6 is 27.5 Å². The third-order valence-corrected chi connectivity index (χ3v) is 3.38. The standard InChI is InChI=1S/C14H13BrClN/c1-10-2-7-13(16)14(8-10)17-9-11-3-5-12(15)6-4-11/h2-8,17H,9H2,1H3. The topological polar surface area (TPSA) is 12.0 Å². The molecule has 0 aromatic heterocycles. The molecule has 0 radical (unpaired) electrons. The Kier molecular flexibility index (Phi) is 4.08. The van der Waals surface area contributed by atoms with Crippen LogP contribution in [-0.4, -0.2) is 0 Å². The van der Waals surface area contributed by atoms with Crippen molar-refractivity contribution in [1.29, 1.82) is 0 Å². The van der Waals surface area contributed by atoms with E-state index < -0.39 is 0 Å². The van der Waals surface area contributed by atoms with Crippen LogP contribution in [0.2, 0.25) is 5.02 Å². The van der Waals surface area contributed by atoms with Gasteiger partial charge in [-0.1, -0.05) is 45.7 Å². The van der Waals surface area contributed by atoms with Crippen LogP contribution in [0.1, 0.15) is 11.1 Å². The molecular weight excluding hydrogens is 298 g/mol. The third-order valence-electron chi connectivity index (χ3n) is 2.52. The number of halogens is 2. The van der Waals surface area contributed by atoms with Crippen molar-refractivity contribution in [3.63, 3.8) is 0 Å². The summed E-state index contributed by atoms with van der Waals surface area (Å²) in [5.41, 5.74) is 3.41. The van der Waals surface area contributed by atoms with Gasteiger partial charge in [0.2, 0.25) is 0 Å². The van der Waals surface area contributed by atoms with E-state index in [-0.39, 0.29) is 0 Å². The Balaban J connectivity index is 2.07. The number of aryl methyl sites for hydroxylation is 1. The van der Waals surface area contributed by atoms with Gasteiger partial charge >= 0.3 is 0 Å². The molecule has 0 unspecified atom stereocenters. The van der Waals surface area contributed by atoms with Gasteiger partial charge in [0.15, 0.2) is 0 Å². The van der Waals surface area contributed by atoms with Crippen LogP contribution in [-0.2, 0) is 6.54 Å². The van der Waals surface area contributed by atoms with E-state index >= 15 is 0 Å². The van der Waals surface area contributed by atoms with Gasteiger partial charge in [0, 0.05) is 11.0 Å². The van der Waals surface area contributed by atoms with E-state index in [4.69, 9.17) is 11.6 Å². The summed E-state index contributed by atoms with van der Waals surface area (Å²) in [4.78, 5) is 0. The summed E-state index contributed by atoms with van der Waals surface area (Å²) in [6.45, 7) is 2.83. The maximum Gasteiger partial charge on any atom is 0.0637 e. The monoisotopic (exact) mass is 309 g/mol. The highest BCUT2D eigenvalue weighted by Gasteiger charge is 2.00. The average Bonchev–Trinajstić information content (AvgIpc) is 2.32. The summed E-state index contributed by atoms with van der Waals surface area (Å²) in [6, 6.07) is 14.2. The molecular formula is C14H13BrClN. The van der Waals surface area contributed by atoms with Gasteiger partial charge in [-0.05, 0) is 42.3 Å². The number of hydrogen-bond acceptors (Lipinski definition) is 1. The zero-order valence-corrected chi connectivity index (χ0v) is 11.8. The highest BCUT2D eigenvalue weighted by molar-refractivity contribution is 9.10. The fourth-order valence-electron chi connectivity index (χ4n) is 1.57. The zero-order chi connectivity index (χ0) is 12.3. The van der Waals surface area contributed by atoms with Gasteiger partial charge in [0.1, 0.15) is 0 Å². The molecule has 0 spiro atoms. The van der Waals surface area contributed by atoms with E-state index in [1.54, 1.807) is 0 Å². The number of anilines is 1. The molecule has 1 nitrogen and oxygen atoms in total. The second-order valence-corrected chi connectivity index (χ2v) is 5.29. The van der Waals surface area contributed by atoms with E-state index in [9.17, 15) is 0 Å². The Morgan fingerprint density at radius 1 is 1.12 bits per heavy atom. The lowest BCUT2D eigenvalue weighted by molar-refractivity contribution is 1.15. The molecule has 0 aliphatic heterocycles. The maximum atomic E-state index is 6.12. The zero-order valence-electron chi connectivity index (χ0n) is 9.50. The van der Waals surface area contributed by atoms with Gasteiger partial charge in [-0.25, -0.2) is 0 Å². The minimum absolute atomic E-state index is 0.757. The van der Waals surface area contributed by atoms with Gasteiger partial charge in [0.05, 0.1) is 10.7 Å². The van der Waals surface area contributed by atoms with Gasteiger partial charge in [-0.3, -0.25) is 0 Å². The molecule has 88 valence electrons. The minimum atomic E-state index is 0.757.